The van der Waals surface area contributed by atoms with E-state index in [-0.39, 0.29) is 12.3 Å². The number of carbonyl (C=O) groups excluding carboxylic acids is 1. The maximum atomic E-state index is 13.0. The molecule has 0 spiro atoms. The normalized spacial score (nSPS) is 12.5. The summed E-state index contributed by atoms with van der Waals surface area (Å²) in [6, 6.07) is 16.1. The maximum Gasteiger partial charge on any atom is 0.214 e. The van der Waals surface area contributed by atoms with Gasteiger partial charge in [0.1, 0.15) is 5.75 Å². The van der Waals surface area contributed by atoms with Gasteiger partial charge in [0.25, 0.3) is 0 Å². The lowest BCUT2D eigenvalue weighted by molar-refractivity contribution is 0.103. The Bertz CT molecular complexity index is 1100. The molecule has 0 fully saturated rings. The molecule has 0 aliphatic carbocycles. The Morgan fingerprint density at radius 2 is 1.87 bits per heavy atom. The first-order valence-corrected chi connectivity index (χ1v) is 11.2. The van der Waals surface area contributed by atoms with E-state index < -0.39 is 15.3 Å². The van der Waals surface area contributed by atoms with Gasteiger partial charge >= 0.3 is 0 Å². The van der Waals surface area contributed by atoms with Gasteiger partial charge in [-0.05, 0) is 73.9 Å². The van der Waals surface area contributed by atoms with Crippen LogP contribution in [0.1, 0.15) is 39.7 Å². The van der Waals surface area contributed by atoms with Crippen molar-refractivity contribution in [1.29, 1.82) is 0 Å². The van der Waals surface area contributed by atoms with Crippen LogP contribution in [0.2, 0.25) is 0 Å². The monoisotopic (exact) mass is 426 g/mol. The number of carbonyl (C=O) groups is 1. The molecule has 0 aliphatic rings. The molecular formula is C23H26N2O4S. The Morgan fingerprint density at radius 3 is 2.50 bits per heavy atom. The van der Waals surface area contributed by atoms with Crippen LogP contribution in [0.5, 0.6) is 5.75 Å². The fourth-order valence-corrected chi connectivity index (χ4v) is 4.23. The third-order valence-electron chi connectivity index (χ3n) is 5.08. The lowest BCUT2D eigenvalue weighted by Crippen LogP contribution is -2.33. The summed E-state index contributed by atoms with van der Waals surface area (Å²) >= 11 is 0. The molecule has 0 amide bonds. The van der Waals surface area contributed by atoms with Crippen LogP contribution in [0.15, 0.2) is 60.8 Å². The number of methoxy groups -OCH3 is 1. The van der Waals surface area contributed by atoms with Crippen LogP contribution in [-0.2, 0) is 23.0 Å². The van der Waals surface area contributed by atoms with Gasteiger partial charge in [-0.2, -0.15) is 0 Å². The number of aromatic nitrogens is 1. The van der Waals surface area contributed by atoms with Gasteiger partial charge < -0.3 is 9.72 Å². The molecule has 1 aromatic heterocycles. The number of benzene rings is 2. The van der Waals surface area contributed by atoms with Gasteiger partial charge in [0, 0.05) is 23.0 Å². The minimum absolute atomic E-state index is 0.0996. The number of H-pyrrole nitrogens is 1. The number of hydrogen-bond acceptors (Lipinski definition) is 4. The first-order valence-electron chi connectivity index (χ1n) is 9.69. The highest BCUT2D eigenvalue weighted by Crippen LogP contribution is 2.20. The molecule has 0 radical (unpaired) electrons. The van der Waals surface area contributed by atoms with Crippen LogP contribution >= 0.6 is 0 Å². The molecule has 2 N–H and O–H groups in total. The number of sulfonamides is 1. The molecule has 1 atom stereocenters. The number of hydrogen-bond donors (Lipinski definition) is 2. The fourth-order valence-electron chi connectivity index (χ4n) is 3.18. The number of ether oxygens (including phenoxy) is 1. The van der Waals surface area contributed by atoms with Crippen molar-refractivity contribution in [3.63, 3.8) is 0 Å². The van der Waals surface area contributed by atoms with Crippen molar-refractivity contribution in [1.82, 2.24) is 9.71 Å². The van der Waals surface area contributed by atoms with Gasteiger partial charge in [-0.15, -0.1) is 0 Å². The predicted molar refractivity (Wildman–Crippen MR) is 117 cm³/mol. The zero-order chi connectivity index (χ0) is 21.7. The second kappa shape index (κ2) is 9.28. The number of aryl methyl sites for hydroxylation is 1. The van der Waals surface area contributed by atoms with E-state index in [0.29, 0.717) is 23.3 Å². The van der Waals surface area contributed by atoms with Crippen LogP contribution in [0.4, 0.5) is 0 Å². The average molecular weight is 427 g/mol. The third kappa shape index (κ3) is 5.17. The van der Waals surface area contributed by atoms with E-state index in [9.17, 15) is 13.2 Å². The Labute approximate surface area is 177 Å². The Kier molecular flexibility index (Phi) is 6.74. The molecule has 0 aliphatic heterocycles. The number of ketones is 1. The Balaban J connectivity index is 1.74. The average Bonchev–Trinajstić information content (AvgIpc) is 3.27. The zero-order valence-electron chi connectivity index (χ0n) is 17.3. The summed E-state index contributed by atoms with van der Waals surface area (Å²) in [5.74, 6) is 0.584. The maximum absolute atomic E-state index is 13.0. The summed E-state index contributed by atoms with van der Waals surface area (Å²) in [5.41, 5.74) is 3.58. The van der Waals surface area contributed by atoms with E-state index in [0.717, 1.165) is 16.8 Å². The van der Waals surface area contributed by atoms with E-state index >= 15 is 0 Å². The van der Waals surface area contributed by atoms with E-state index in [4.69, 9.17) is 4.74 Å². The first kappa shape index (κ1) is 21.8. The molecule has 2 aromatic carbocycles. The minimum atomic E-state index is -3.51. The van der Waals surface area contributed by atoms with Crippen LogP contribution < -0.4 is 9.46 Å². The van der Waals surface area contributed by atoms with Crippen molar-refractivity contribution < 1.29 is 17.9 Å². The third-order valence-corrected chi connectivity index (χ3v) is 6.85. The van der Waals surface area contributed by atoms with E-state index in [1.54, 1.807) is 50.6 Å². The lowest BCUT2D eigenvalue weighted by atomic mass is 9.95. The molecule has 0 bridgehead atoms. The summed E-state index contributed by atoms with van der Waals surface area (Å²) in [6.07, 6.45) is 2.06. The number of nitrogens with one attached hydrogen (secondary N) is 2. The van der Waals surface area contributed by atoms with Crippen LogP contribution in [0, 0.1) is 6.92 Å². The summed E-state index contributed by atoms with van der Waals surface area (Å²) in [4.78, 5) is 15.9. The Morgan fingerprint density at radius 1 is 1.13 bits per heavy atom. The number of aromatic amines is 1. The summed E-state index contributed by atoms with van der Waals surface area (Å²) in [6.45, 7) is 3.76. The van der Waals surface area contributed by atoms with Crippen LogP contribution in [0.3, 0.4) is 0 Å². The van der Waals surface area contributed by atoms with Crippen LogP contribution in [-0.4, -0.2) is 31.5 Å². The molecule has 3 rings (SSSR count). The standard InChI is InChI=1S/C23H26N2O4S/c1-16-6-7-18(13-17(2)30(27,28)25-15-20-5-4-12-24-20)14-22(16)23(26)19-8-10-21(29-3)11-9-19/h4-12,14,17,24-25H,13,15H2,1-3H3. The van der Waals surface area contributed by atoms with Gasteiger partial charge in [-0.1, -0.05) is 12.1 Å². The molecule has 1 unspecified atom stereocenters. The largest absolute Gasteiger partial charge is 0.497 e. The van der Waals surface area contributed by atoms with Crippen molar-refractivity contribution in [2.75, 3.05) is 7.11 Å². The highest BCUT2D eigenvalue weighted by Gasteiger charge is 2.22. The highest BCUT2D eigenvalue weighted by atomic mass is 32.2. The van der Waals surface area contributed by atoms with Gasteiger partial charge in [-0.3, -0.25) is 4.79 Å². The molecule has 3 aromatic rings. The molecule has 6 nitrogen and oxygen atoms in total. The Hall–Kier alpha value is -2.90. The van der Waals surface area contributed by atoms with E-state index in [2.05, 4.69) is 9.71 Å². The molecule has 0 saturated heterocycles. The van der Waals surface area contributed by atoms with Gasteiger partial charge in [0.2, 0.25) is 10.0 Å². The SMILES string of the molecule is COc1ccc(C(=O)c2cc(CC(C)S(=O)(=O)NCc3ccc[nH]3)ccc2C)cc1. The molecule has 30 heavy (non-hydrogen) atoms. The molecule has 7 heteroatoms. The summed E-state index contributed by atoms with van der Waals surface area (Å²) in [7, 11) is -1.93. The molecule has 158 valence electrons. The smallest absolute Gasteiger partial charge is 0.214 e. The van der Waals surface area contributed by atoms with Crippen molar-refractivity contribution in [2.24, 2.45) is 0 Å². The van der Waals surface area contributed by atoms with Crippen LogP contribution in [0.25, 0.3) is 0 Å². The molecule has 0 saturated carbocycles. The van der Waals surface area contributed by atoms with Gasteiger partial charge in [-0.25, -0.2) is 13.1 Å². The minimum Gasteiger partial charge on any atom is -0.497 e. The van der Waals surface area contributed by atoms with Crippen molar-refractivity contribution in [2.45, 2.75) is 32.1 Å². The zero-order valence-corrected chi connectivity index (χ0v) is 18.1. The van der Waals surface area contributed by atoms with Crippen molar-refractivity contribution in [3.05, 3.63) is 88.7 Å². The fraction of sp³-hybridized carbons (Fsp3) is 0.261. The second-order valence-electron chi connectivity index (χ2n) is 7.28. The molecule has 1 heterocycles. The summed E-state index contributed by atoms with van der Waals surface area (Å²) in [5, 5.41) is -0.640. The van der Waals surface area contributed by atoms with Gasteiger partial charge in [0.15, 0.2) is 5.78 Å². The highest BCUT2D eigenvalue weighted by molar-refractivity contribution is 7.90. The van der Waals surface area contributed by atoms with Gasteiger partial charge in [0.05, 0.1) is 18.9 Å². The first-order chi connectivity index (χ1) is 14.3. The predicted octanol–water partition coefficient (Wildman–Crippen LogP) is 3.61. The van der Waals surface area contributed by atoms with Crippen molar-refractivity contribution in [3.8, 4) is 5.75 Å². The second-order valence-corrected chi connectivity index (χ2v) is 9.47. The molecular weight excluding hydrogens is 400 g/mol. The summed E-state index contributed by atoms with van der Waals surface area (Å²) < 4.78 is 33.0. The lowest BCUT2D eigenvalue weighted by Gasteiger charge is -2.15. The topological polar surface area (TPSA) is 88.3 Å². The quantitative estimate of drug-likeness (QED) is 0.512. The number of rotatable bonds is 9. The van der Waals surface area contributed by atoms with E-state index in [1.165, 1.54) is 0 Å². The van der Waals surface area contributed by atoms with Crippen molar-refractivity contribution >= 4 is 15.8 Å². The van der Waals surface area contributed by atoms with E-state index in [1.807, 2.05) is 31.2 Å².